The number of ether oxygens (including phenoxy) is 1. The van der Waals surface area contributed by atoms with Crippen molar-refractivity contribution in [1.29, 1.82) is 0 Å². The summed E-state index contributed by atoms with van der Waals surface area (Å²) in [5, 5.41) is 3.68. The van der Waals surface area contributed by atoms with Crippen LogP contribution in [0, 0.1) is 0 Å². The number of hydrogen-bond donors (Lipinski definition) is 1. The molecule has 0 atom stereocenters. The van der Waals surface area contributed by atoms with Gasteiger partial charge in [-0.15, -0.1) is 0 Å². The van der Waals surface area contributed by atoms with Gasteiger partial charge in [-0.25, -0.2) is 4.79 Å². The summed E-state index contributed by atoms with van der Waals surface area (Å²) in [5.74, 6) is 0.148. The molecule has 0 bridgehead atoms. The van der Waals surface area contributed by atoms with Crippen molar-refractivity contribution in [1.82, 2.24) is 0 Å². The van der Waals surface area contributed by atoms with E-state index < -0.39 is 6.09 Å². The first-order valence-corrected chi connectivity index (χ1v) is 6.86. The van der Waals surface area contributed by atoms with Crippen molar-refractivity contribution < 1.29 is 9.53 Å². The minimum atomic E-state index is -0.752. The Bertz CT molecular complexity index is 655. The molecule has 2 aromatic rings. The molecule has 104 valence electrons. The highest BCUT2D eigenvalue weighted by Gasteiger charge is 2.12. The number of carbonyl (C=O) groups excluding carboxylic acids is 1. The van der Waals surface area contributed by atoms with Crippen LogP contribution in [-0.4, -0.2) is 6.09 Å². The Morgan fingerprint density at radius 3 is 2.50 bits per heavy atom. The zero-order valence-electron chi connectivity index (χ0n) is 9.79. The Morgan fingerprint density at radius 2 is 1.75 bits per heavy atom. The predicted molar refractivity (Wildman–Crippen MR) is 82.6 cm³/mol. The van der Waals surface area contributed by atoms with Crippen molar-refractivity contribution in [2.45, 2.75) is 0 Å². The van der Waals surface area contributed by atoms with Crippen molar-refractivity contribution >= 4 is 58.2 Å². The molecule has 0 unspecified atom stereocenters. The summed E-state index contributed by atoms with van der Waals surface area (Å²) in [5.41, 5.74) is 0.335. The van der Waals surface area contributed by atoms with Crippen LogP contribution in [0.5, 0.6) is 5.75 Å². The monoisotopic (exact) mass is 349 g/mol. The molecule has 0 aliphatic heterocycles. The van der Waals surface area contributed by atoms with Gasteiger partial charge in [0.1, 0.15) is 0 Å². The van der Waals surface area contributed by atoms with Crippen LogP contribution in [0.1, 0.15) is 0 Å². The lowest BCUT2D eigenvalue weighted by Crippen LogP contribution is -2.17. The molecular weight excluding hydrogens is 344 g/mol. The van der Waals surface area contributed by atoms with Gasteiger partial charge in [0, 0.05) is 11.1 Å². The molecule has 0 fully saturated rings. The first-order valence-electron chi connectivity index (χ1n) is 5.35. The number of halogens is 4. The van der Waals surface area contributed by atoms with E-state index in [1.54, 1.807) is 24.3 Å². The highest BCUT2D eigenvalue weighted by molar-refractivity contribution is 6.44. The van der Waals surface area contributed by atoms with Crippen LogP contribution in [0.15, 0.2) is 36.4 Å². The molecule has 0 heterocycles. The van der Waals surface area contributed by atoms with E-state index in [0.717, 1.165) is 0 Å². The number of hydrogen-bond acceptors (Lipinski definition) is 2. The molecule has 1 amide bonds. The molecule has 20 heavy (non-hydrogen) atoms. The highest BCUT2D eigenvalue weighted by atomic mass is 35.5. The highest BCUT2D eigenvalue weighted by Crippen LogP contribution is 2.31. The van der Waals surface area contributed by atoms with Gasteiger partial charge in [0.25, 0.3) is 0 Å². The van der Waals surface area contributed by atoms with E-state index in [2.05, 4.69) is 5.32 Å². The quantitative estimate of drug-likeness (QED) is 0.730. The molecule has 0 aliphatic rings. The predicted octanol–water partition coefficient (Wildman–Crippen LogP) is 5.91. The lowest BCUT2D eigenvalue weighted by molar-refractivity contribution is 0.215. The molecule has 2 rings (SSSR count). The van der Waals surface area contributed by atoms with E-state index in [4.69, 9.17) is 51.1 Å². The number of carbonyl (C=O) groups is 1. The summed E-state index contributed by atoms with van der Waals surface area (Å²) in [6.45, 7) is 0. The number of benzene rings is 2. The number of anilines is 1. The maximum atomic E-state index is 11.8. The lowest BCUT2D eigenvalue weighted by atomic mass is 10.3. The molecule has 0 aliphatic carbocycles. The molecule has 0 aromatic heterocycles. The number of nitrogens with one attached hydrogen (secondary N) is 1. The summed E-state index contributed by atoms with van der Waals surface area (Å²) in [6.07, 6.45) is -0.752. The fourth-order valence-corrected chi connectivity index (χ4v) is 2.06. The molecule has 2 aromatic carbocycles. The molecule has 0 saturated carbocycles. The first-order chi connectivity index (χ1) is 9.47. The largest absolute Gasteiger partial charge is 0.417 e. The van der Waals surface area contributed by atoms with Crippen LogP contribution in [0.25, 0.3) is 0 Å². The van der Waals surface area contributed by atoms with Gasteiger partial charge >= 0.3 is 6.09 Å². The van der Waals surface area contributed by atoms with E-state index >= 15 is 0 Å². The Labute approximate surface area is 135 Å². The average molecular weight is 351 g/mol. The molecule has 0 radical (unpaired) electrons. The van der Waals surface area contributed by atoms with Gasteiger partial charge in [-0.3, -0.25) is 5.32 Å². The van der Waals surface area contributed by atoms with Crippen LogP contribution in [0.2, 0.25) is 20.1 Å². The summed E-state index contributed by atoms with van der Waals surface area (Å²) in [4.78, 5) is 11.8. The maximum absolute atomic E-state index is 11.8. The Balaban J connectivity index is 2.13. The second-order valence-corrected chi connectivity index (χ2v) is 5.32. The van der Waals surface area contributed by atoms with Crippen LogP contribution in [-0.2, 0) is 0 Å². The fraction of sp³-hybridized carbons (Fsp3) is 0. The first kappa shape index (κ1) is 15.3. The smallest absolute Gasteiger partial charge is 0.408 e. The SMILES string of the molecule is O=C(Nc1cccc(Cl)c1Cl)Oc1cc(Cl)ccc1Cl. The molecular formula is C13H7Cl4NO2. The fourth-order valence-electron chi connectivity index (χ4n) is 1.39. The van der Waals surface area contributed by atoms with Gasteiger partial charge < -0.3 is 4.74 Å². The molecule has 0 spiro atoms. The Hall–Kier alpha value is -1.13. The average Bonchev–Trinajstić information content (AvgIpc) is 2.39. The Morgan fingerprint density at radius 1 is 1.00 bits per heavy atom. The zero-order chi connectivity index (χ0) is 14.7. The summed E-state index contributed by atoms with van der Waals surface area (Å²) in [7, 11) is 0. The van der Waals surface area contributed by atoms with Gasteiger partial charge in [-0.1, -0.05) is 52.5 Å². The summed E-state index contributed by atoms with van der Waals surface area (Å²) < 4.78 is 5.06. The van der Waals surface area contributed by atoms with E-state index in [1.807, 2.05) is 0 Å². The third-order valence-corrected chi connectivity index (χ3v) is 3.65. The number of rotatable bonds is 2. The van der Waals surface area contributed by atoms with E-state index in [9.17, 15) is 4.79 Å². The van der Waals surface area contributed by atoms with Gasteiger partial charge in [-0.05, 0) is 24.3 Å². The molecule has 3 nitrogen and oxygen atoms in total. The minimum absolute atomic E-state index is 0.148. The van der Waals surface area contributed by atoms with Gasteiger partial charge in [-0.2, -0.15) is 0 Å². The molecule has 1 N–H and O–H groups in total. The van der Waals surface area contributed by atoms with E-state index in [0.29, 0.717) is 15.7 Å². The van der Waals surface area contributed by atoms with Crippen LogP contribution >= 0.6 is 46.4 Å². The van der Waals surface area contributed by atoms with Crippen molar-refractivity contribution in [3.8, 4) is 5.75 Å². The third-order valence-electron chi connectivity index (χ3n) is 2.28. The van der Waals surface area contributed by atoms with Gasteiger partial charge in [0.15, 0.2) is 5.75 Å². The molecule has 0 saturated heterocycles. The van der Waals surface area contributed by atoms with Gasteiger partial charge in [0.2, 0.25) is 0 Å². The lowest BCUT2D eigenvalue weighted by Gasteiger charge is -2.10. The standard InChI is InChI=1S/C13H7Cl4NO2/c14-7-4-5-8(15)11(6-7)20-13(19)18-10-3-1-2-9(16)12(10)17/h1-6H,(H,18,19). The van der Waals surface area contributed by atoms with Crippen molar-refractivity contribution in [3.05, 3.63) is 56.5 Å². The second kappa shape index (κ2) is 6.55. The van der Waals surface area contributed by atoms with E-state index in [1.165, 1.54) is 12.1 Å². The summed E-state index contributed by atoms with van der Waals surface area (Å²) >= 11 is 23.5. The number of amides is 1. The normalized spacial score (nSPS) is 10.2. The summed E-state index contributed by atoms with van der Waals surface area (Å²) in [6, 6.07) is 9.39. The Kier molecular flexibility index (Phi) is 5.00. The second-order valence-electron chi connectivity index (χ2n) is 3.69. The molecule has 7 heteroatoms. The topological polar surface area (TPSA) is 38.3 Å². The van der Waals surface area contributed by atoms with Crippen molar-refractivity contribution in [2.24, 2.45) is 0 Å². The van der Waals surface area contributed by atoms with E-state index in [-0.39, 0.29) is 15.8 Å². The van der Waals surface area contributed by atoms with Crippen molar-refractivity contribution in [2.75, 3.05) is 5.32 Å². The minimum Gasteiger partial charge on any atom is -0.408 e. The third kappa shape index (κ3) is 3.70. The maximum Gasteiger partial charge on any atom is 0.417 e. The van der Waals surface area contributed by atoms with Crippen molar-refractivity contribution in [3.63, 3.8) is 0 Å². The zero-order valence-corrected chi connectivity index (χ0v) is 12.8. The van der Waals surface area contributed by atoms with Crippen LogP contribution in [0.4, 0.5) is 10.5 Å². The van der Waals surface area contributed by atoms with Crippen LogP contribution < -0.4 is 10.1 Å². The van der Waals surface area contributed by atoms with Gasteiger partial charge in [0.05, 0.1) is 20.8 Å². The van der Waals surface area contributed by atoms with Crippen LogP contribution in [0.3, 0.4) is 0 Å².